The Morgan fingerprint density at radius 3 is 2.46 bits per heavy atom. The maximum absolute atomic E-state index is 13.5. The van der Waals surface area contributed by atoms with Crippen molar-refractivity contribution >= 4 is 11.5 Å². The van der Waals surface area contributed by atoms with Gasteiger partial charge in [-0.2, -0.15) is 18.2 Å². The van der Waals surface area contributed by atoms with Crippen LogP contribution in [0, 0.1) is 5.82 Å². The van der Waals surface area contributed by atoms with Crippen molar-refractivity contribution in [2.45, 2.75) is 6.18 Å². The molecule has 9 heteroatoms. The lowest BCUT2D eigenvalue weighted by Gasteiger charge is -2.17. The summed E-state index contributed by atoms with van der Waals surface area (Å²) in [5, 5.41) is 2.49. The van der Waals surface area contributed by atoms with Gasteiger partial charge in [0.05, 0.1) is 7.11 Å². The van der Waals surface area contributed by atoms with Crippen molar-refractivity contribution in [2.24, 2.45) is 0 Å². The highest BCUT2D eigenvalue weighted by molar-refractivity contribution is 5.65. The van der Waals surface area contributed by atoms with E-state index in [-0.39, 0.29) is 17.2 Å². The summed E-state index contributed by atoms with van der Waals surface area (Å²) in [7, 11) is 1.08. The molecule has 0 spiro atoms. The number of ether oxygens (including phenoxy) is 1. The van der Waals surface area contributed by atoms with Crippen LogP contribution in [0.3, 0.4) is 0 Å². The second-order valence-electron chi connectivity index (χ2n) is 5.13. The van der Waals surface area contributed by atoms with E-state index in [2.05, 4.69) is 20.3 Å². The van der Waals surface area contributed by atoms with E-state index in [1.807, 2.05) is 0 Å². The number of nitrogens with zero attached hydrogens (tertiary/aromatic N) is 3. The smallest absolute Gasteiger partial charge is 0.425 e. The van der Waals surface area contributed by atoms with E-state index in [4.69, 9.17) is 4.74 Å². The molecule has 0 saturated carbocycles. The highest BCUT2D eigenvalue weighted by Crippen LogP contribution is 2.41. The molecule has 0 aliphatic rings. The lowest BCUT2D eigenvalue weighted by atomic mass is 10.2. The standard InChI is InChI=1S/C17H12F4N4O/c1-26-16-13(17(19,20)21)15(23-11-6-4-5-10(18)9-11)24-14(25-16)12-7-2-3-8-22-12/h2-9H,1H3,(H,23,24,25). The molecule has 0 aliphatic carbocycles. The third-order valence-corrected chi connectivity index (χ3v) is 3.33. The van der Waals surface area contributed by atoms with Crippen molar-refractivity contribution in [1.82, 2.24) is 15.0 Å². The molecular formula is C17H12F4N4O. The van der Waals surface area contributed by atoms with Gasteiger partial charge in [-0.25, -0.2) is 9.37 Å². The summed E-state index contributed by atoms with van der Waals surface area (Å²) in [6.07, 6.45) is -3.33. The Hall–Kier alpha value is -3.23. The molecule has 0 aliphatic heterocycles. The second kappa shape index (κ2) is 6.95. The van der Waals surface area contributed by atoms with Crippen molar-refractivity contribution < 1.29 is 22.3 Å². The van der Waals surface area contributed by atoms with Crippen LogP contribution in [0.1, 0.15) is 5.56 Å². The normalized spacial score (nSPS) is 11.3. The van der Waals surface area contributed by atoms with Crippen molar-refractivity contribution in [2.75, 3.05) is 12.4 Å². The van der Waals surface area contributed by atoms with Gasteiger partial charge >= 0.3 is 6.18 Å². The Kier molecular flexibility index (Phi) is 4.70. The Morgan fingerprint density at radius 2 is 1.85 bits per heavy atom. The molecule has 0 saturated heterocycles. The number of hydrogen-bond donors (Lipinski definition) is 1. The minimum Gasteiger partial charge on any atom is -0.480 e. The zero-order valence-corrected chi connectivity index (χ0v) is 13.4. The molecule has 0 fully saturated rings. The monoisotopic (exact) mass is 364 g/mol. The molecule has 3 rings (SSSR count). The predicted octanol–water partition coefficient (Wildman–Crippen LogP) is 4.45. The van der Waals surface area contributed by atoms with Gasteiger partial charge in [-0.15, -0.1) is 0 Å². The average molecular weight is 364 g/mol. The van der Waals surface area contributed by atoms with E-state index in [1.165, 1.54) is 24.4 Å². The molecule has 0 amide bonds. The van der Waals surface area contributed by atoms with Gasteiger partial charge in [0.2, 0.25) is 5.88 Å². The molecule has 134 valence electrons. The van der Waals surface area contributed by atoms with Crippen LogP contribution in [0.5, 0.6) is 5.88 Å². The van der Waals surface area contributed by atoms with Crippen LogP contribution in [0.25, 0.3) is 11.5 Å². The number of pyridine rings is 1. The first kappa shape index (κ1) is 17.6. The van der Waals surface area contributed by atoms with E-state index >= 15 is 0 Å². The highest BCUT2D eigenvalue weighted by Gasteiger charge is 2.40. The summed E-state index contributed by atoms with van der Waals surface area (Å²) in [6.45, 7) is 0. The van der Waals surface area contributed by atoms with E-state index in [0.29, 0.717) is 0 Å². The van der Waals surface area contributed by atoms with Crippen molar-refractivity contribution in [3.63, 3.8) is 0 Å². The summed E-state index contributed by atoms with van der Waals surface area (Å²) in [4.78, 5) is 11.8. The van der Waals surface area contributed by atoms with Crippen molar-refractivity contribution in [3.8, 4) is 17.4 Å². The lowest BCUT2D eigenvalue weighted by Crippen LogP contribution is -2.15. The number of benzene rings is 1. The first-order valence-electron chi connectivity index (χ1n) is 7.35. The Morgan fingerprint density at radius 1 is 1.04 bits per heavy atom. The van der Waals surface area contributed by atoms with Crippen LogP contribution >= 0.6 is 0 Å². The zero-order chi connectivity index (χ0) is 18.7. The van der Waals surface area contributed by atoms with Gasteiger partial charge in [0.25, 0.3) is 0 Å². The Labute approximate surface area is 145 Å². The maximum Gasteiger partial charge on any atom is 0.425 e. The molecule has 1 N–H and O–H groups in total. The fourth-order valence-electron chi connectivity index (χ4n) is 2.25. The predicted molar refractivity (Wildman–Crippen MR) is 86.5 cm³/mol. The van der Waals surface area contributed by atoms with Gasteiger partial charge in [-0.05, 0) is 30.3 Å². The maximum atomic E-state index is 13.5. The molecule has 2 aromatic heterocycles. The van der Waals surface area contributed by atoms with Gasteiger partial charge in [0.15, 0.2) is 17.2 Å². The Bertz CT molecular complexity index is 916. The van der Waals surface area contributed by atoms with Gasteiger partial charge in [-0.1, -0.05) is 12.1 Å². The lowest BCUT2D eigenvalue weighted by molar-refractivity contribution is -0.138. The van der Waals surface area contributed by atoms with Crippen LogP contribution in [0.15, 0.2) is 48.7 Å². The van der Waals surface area contributed by atoms with Crippen LogP contribution in [0.4, 0.5) is 29.1 Å². The molecule has 26 heavy (non-hydrogen) atoms. The van der Waals surface area contributed by atoms with Gasteiger partial charge in [0.1, 0.15) is 11.5 Å². The second-order valence-corrected chi connectivity index (χ2v) is 5.13. The minimum atomic E-state index is -4.79. The SMILES string of the molecule is COc1nc(-c2ccccn2)nc(Nc2cccc(F)c2)c1C(F)(F)F. The summed E-state index contributed by atoms with van der Waals surface area (Å²) in [6, 6.07) is 9.85. The van der Waals surface area contributed by atoms with E-state index in [1.54, 1.807) is 18.2 Å². The molecule has 0 bridgehead atoms. The molecule has 3 aromatic rings. The summed E-state index contributed by atoms with van der Waals surface area (Å²) in [5.41, 5.74) is -0.825. The van der Waals surface area contributed by atoms with Gasteiger partial charge in [0, 0.05) is 11.9 Å². The van der Waals surface area contributed by atoms with Crippen LogP contribution in [-0.2, 0) is 6.18 Å². The summed E-state index contributed by atoms with van der Waals surface area (Å²) < 4.78 is 58.8. The fourth-order valence-corrected chi connectivity index (χ4v) is 2.25. The molecule has 1 aromatic carbocycles. The number of methoxy groups -OCH3 is 1. The number of hydrogen-bond acceptors (Lipinski definition) is 5. The fraction of sp³-hybridized carbons (Fsp3) is 0.118. The van der Waals surface area contributed by atoms with Crippen LogP contribution in [0.2, 0.25) is 0 Å². The van der Waals surface area contributed by atoms with E-state index in [9.17, 15) is 17.6 Å². The number of halogens is 4. The first-order chi connectivity index (χ1) is 12.4. The third kappa shape index (κ3) is 3.71. The highest BCUT2D eigenvalue weighted by atomic mass is 19.4. The van der Waals surface area contributed by atoms with Crippen LogP contribution in [-0.4, -0.2) is 22.1 Å². The molecule has 0 radical (unpaired) electrons. The number of rotatable bonds is 4. The van der Waals surface area contributed by atoms with Gasteiger partial charge in [-0.3, -0.25) is 4.98 Å². The van der Waals surface area contributed by atoms with E-state index < -0.39 is 29.3 Å². The molecule has 0 unspecified atom stereocenters. The molecular weight excluding hydrogens is 352 g/mol. The molecule has 0 atom stereocenters. The number of anilines is 2. The van der Waals surface area contributed by atoms with Crippen molar-refractivity contribution in [1.29, 1.82) is 0 Å². The summed E-state index contributed by atoms with van der Waals surface area (Å²) >= 11 is 0. The average Bonchev–Trinajstić information content (AvgIpc) is 2.61. The zero-order valence-electron chi connectivity index (χ0n) is 13.4. The van der Waals surface area contributed by atoms with Gasteiger partial charge < -0.3 is 10.1 Å². The molecule has 2 heterocycles. The van der Waals surface area contributed by atoms with E-state index in [0.717, 1.165) is 13.2 Å². The topological polar surface area (TPSA) is 59.9 Å². The quantitative estimate of drug-likeness (QED) is 0.693. The van der Waals surface area contributed by atoms with Crippen LogP contribution < -0.4 is 10.1 Å². The Balaban J connectivity index is 2.18. The summed E-state index contributed by atoms with van der Waals surface area (Å²) in [5.74, 6) is -1.88. The largest absolute Gasteiger partial charge is 0.480 e. The minimum absolute atomic E-state index is 0.0608. The molecule has 5 nitrogen and oxygen atoms in total. The van der Waals surface area contributed by atoms with Crippen molar-refractivity contribution in [3.05, 3.63) is 60.0 Å². The first-order valence-corrected chi connectivity index (χ1v) is 7.35. The number of alkyl halides is 3. The number of aromatic nitrogens is 3. The third-order valence-electron chi connectivity index (χ3n) is 3.33. The number of nitrogens with one attached hydrogen (secondary N) is 1.